The highest BCUT2D eigenvalue weighted by Crippen LogP contribution is 2.26. The summed E-state index contributed by atoms with van der Waals surface area (Å²) in [5, 5.41) is 10.3. The Labute approximate surface area is 119 Å². The maximum absolute atomic E-state index is 5.41. The maximum atomic E-state index is 5.41. The zero-order valence-electron chi connectivity index (χ0n) is 12.3. The van der Waals surface area contributed by atoms with Crippen LogP contribution in [0.15, 0.2) is 5.16 Å². The third kappa shape index (κ3) is 3.86. The Morgan fingerprint density at radius 1 is 1.16 bits per heavy atom. The Morgan fingerprint density at radius 2 is 1.84 bits per heavy atom. The number of aromatic nitrogens is 3. The van der Waals surface area contributed by atoms with Crippen molar-refractivity contribution in [2.75, 3.05) is 31.2 Å². The molecule has 5 nitrogen and oxygen atoms in total. The van der Waals surface area contributed by atoms with Crippen LogP contribution < -0.4 is 4.90 Å². The van der Waals surface area contributed by atoms with E-state index in [-0.39, 0.29) is 0 Å². The average molecular weight is 284 g/mol. The second-order valence-corrected chi connectivity index (χ2v) is 7.10. The molecule has 1 aliphatic heterocycles. The molecule has 0 saturated carbocycles. The first-order valence-electron chi connectivity index (χ1n) is 7.00. The first-order valence-corrected chi connectivity index (χ1v) is 7.88. The Kier molecular flexibility index (Phi) is 5.10. The van der Waals surface area contributed by atoms with E-state index in [4.69, 9.17) is 4.74 Å². The third-order valence-corrected chi connectivity index (χ3v) is 3.86. The van der Waals surface area contributed by atoms with Crippen molar-refractivity contribution in [1.82, 2.24) is 14.8 Å². The summed E-state index contributed by atoms with van der Waals surface area (Å²) in [7, 11) is 0. The van der Waals surface area contributed by atoms with Crippen LogP contribution in [0.1, 0.15) is 27.7 Å². The predicted octanol–water partition coefficient (Wildman–Crippen LogP) is 2.27. The second-order valence-electron chi connectivity index (χ2n) is 5.55. The Balaban J connectivity index is 2.23. The van der Waals surface area contributed by atoms with Gasteiger partial charge in [-0.2, -0.15) is 0 Å². The van der Waals surface area contributed by atoms with E-state index in [1.165, 1.54) is 0 Å². The number of rotatable bonds is 5. The lowest BCUT2D eigenvalue weighted by Gasteiger charge is -2.28. The van der Waals surface area contributed by atoms with Crippen molar-refractivity contribution in [1.29, 1.82) is 0 Å². The summed E-state index contributed by atoms with van der Waals surface area (Å²) in [5.74, 6) is 1.59. The molecule has 2 rings (SSSR count). The Hall–Kier alpha value is -0.750. The lowest BCUT2D eigenvalue weighted by Crippen LogP contribution is -2.38. The van der Waals surface area contributed by atoms with Crippen molar-refractivity contribution in [2.24, 2.45) is 5.92 Å². The van der Waals surface area contributed by atoms with Gasteiger partial charge >= 0.3 is 0 Å². The van der Waals surface area contributed by atoms with Crippen molar-refractivity contribution < 1.29 is 4.74 Å². The molecule has 0 spiro atoms. The smallest absolute Gasteiger partial charge is 0.228 e. The van der Waals surface area contributed by atoms with E-state index < -0.39 is 0 Å². The lowest BCUT2D eigenvalue weighted by molar-refractivity contribution is 0.121. The van der Waals surface area contributed by atoms with Crippen LogP contribution in [0.25, 0.3) is 0 Å². The summed E-state index contributed by atoms with van der Waals surface area (Å²) >= 11 is 1.78. The van der Waals surface area contributed by atoms with Crippen LogP contribution >= 0.6 is 11.8 Å². The van der Waals surface area contributed by atoms with Crippen LogP contribution in [0.3, 0.4) is 0 Å². The van der Waals surface area contributed by atoms with Gasteiger partial charge in [0, 0.05) is 24.9 Å². The molecule has 0 bridgehead atoms. The van der Waals surface area contributed by atoms with Crippen molar-refractivity contribution in [3.05, 3.63) is 0 Å². The molecular weight excluding hydrogens is 260 g/mol. The van der Waals surface area contributed by atoms with Crippen molar-refractivity contribution >= 4 is 17.7 Å². The van der Waals surface area contributed by atoms with E-state index >= 15 is 0 Å². The van der Waals surface area contributed by atoms with Crippen LogP contribution in [-0.2, 0) is 11.3 Å². The molecule has 1 aromatic heterocycles. The van der Waals surface area contributed by atoms with E-state index in [1.54, 1.807) is 11.8 Å². The fourth-order valence-electron chi connectivity index (χ4n) is 2.10. The van der Waals surface area contributed by atoms with Crippen molar-refractivity contribution in [3.63, 3.8) is 0 Å². The van der Waals surface area contributed by atoms with Crippen molar-refractivity contribution in [3.8, 4) is 0 Å². The normalized spacial score (nSPS) is 16.6. The molecule has 0 aliphatic carbocycles. The molecule has 0 radical (unpaired) electrons. The molecule has 19 heavy (non-hydrogen) atoms. The SMILES string of the molecule is CC(C)Cn1c(SC(C)C)nnc1N1CCOCC1. The van der Waals surface area contributed by atoms with E-state index in [0.717, 1.165) is 44.0 Å². The number of anilines is 1. The van der Waals surface area contributed by atoms with Gasteiger partial charge in [0.05, 0.1) is 13.2 Å². The Bertz CT molecular complexity index is 399. The quantitative estimate of drug-likeness (QED) is 0.776. The van der Waals surface area contributed by atoms with E-state index in [9.17, 15) is 0 Å². The maximum Gasteiger partial charge on any atom is 0.228 e. The third-order valence-electron chi connectivity index (χ3n) is 2.88. The van der Waals surface area contributed by atoms with E-state index in [2.05, 4.69) is 47.4 Å². The molecule has 1 saturated heterocycles. The van der Waals surface area contributed by atoms with E-state index in [1.807, 2.05) is 0 Å². The lowest BCUT2D eigenvalue weighted by atomic mass is 10.2. The Morgan fingerprint density at radius 3 is 2.42 bits per heavy atom. The number of nitrogens with zero attached hydrogens (tertiary/aromatic N) is 4. The molecule has 1 fully saturated rings. The van der Waals surface area contributed by atoms with Gasteiger partial charge in [-0.25, -0.2) is 0 Å². The van der Waals surface area contributed by atoms with Gasteiger partial charge in [0.25, 0.3) is 0 Å². The summed E-state index contributed by atoms with van der Waals surface area (Å²) in [4.78, 5) is 2.28. The summed E-state index contributed by atoms with van der Waals surface area (Å²) in [5.41, 5.74) is 0. The van der Waals surface area contributed by atoms with Gasteiger partial charge in [-0.15, -0.1) is 10.2 Å². The molecule has 0 N–H and O–H groups in total. The molecule has 0 atom stereocenters. The number of hydrogen-bond acceptors (Lipinski definition) is 5. The minimum Gasteiger partial charge on any atom is -0.378 e. The van der Waals surface area contributed by atoms with Crippen LogP contribution in [0.2, 0.25) is 0 Å². The molecule has 0 aromatic carbocycles. The van der Waals surface area contributed by atoms with Crippen molar-refractivity contribution in [2.45, 2.75) is 44.6 Å². The minimum atomic E-state index is 0.521. The van der Waals surface area contributed by atoms with Gasteiger partial charge in [0.2, 0.25) is 5.95 Å². The van der Waals surface area contributed by atoms with Crippen LogP contribution in [-0.4, -0.2) is 46.3 Å². The molecule has 1 aliphatic rings. The zero-order valence-corrected chi connectivity index (χ0v) is 13.1. The summed E-state index contributed by atoms with van der Waals surface area (Å²) in [6.07, 6.45) is 0. The van der Waals surface area contributed by atoms with Gasteiger partial charge < -0.3 is 9.64 Å². The highest BCUT2D eigenvalue weighted by molar-refractivity contribution is 7.99. The summed E-state index contributed by atoms with van der Waals surface area (Å²) in [6.45, 7) is 13.2. The zero-order chi connectivity index (χ0) is 13.8. The number of thioether (sulfide) groups is 1. The molecule has 108 valence electrons. The molecule has 0 unspecified atom stereocenters. The molecular formula is C13H24N4OS. The summed E-state index contributed by atoms with van der Waals surface area (Å²) < 4.78 is 7.67. The van der Waals surface area contributed by atoms with Gasteiger partial charge in [-0.05, 0) is 5.92 Å². The largest absolute Gasteiger partial charge is 0.378 e. The van der Waals surface area contributed by atoms with Crippen LogP contribution in [0.4, 0.5) is 5.95 Å². The van der Waals surface area contributed by atoms with Gasteiger partial charge in [0.1, 0.15) is 0 Å². The van der Waals surface area contributed by atoms with Crippen LogP contribution in [0.5, 0.6) is 0 Å². The van der Waals surface area contributed by atoms with Crippen LogP contribution in [0, 0.1) is 5.92 Å². The molecule has 2 heterocycles. The standard InChI is InChI=1S/C13H24N4OS/c1-10(2)9-17-12(16-5-7-18-8-6-16)14-15-13(17)19-11(3)4/h10-11H,5-9H2,1-4H3. The molecule has 0 amide bonds. The highest BCUT2D eigenvalue weighted by Gasteiger charge is 2.21. The number of ether oxygens (including phenoxy) is 1. The summed E-state index contributed by atoms with van der Waals surface area (Å²) in [6, 6.07) is 0. The van der Waals surface area contributed by atoms with Gasteiger partial charge in [0.15, 0.2) is 5.16 Å². The fraction of sp³-hybridized carbons (Fsp3) is 0.846. The second kappa shape index (κ2) is 6.61. The number of hydrogen-bond donors (Lipinski definition) is 0. The highest BCUT2D eigenvalue weighted by atomic mass is 32.2. The topological polar surface area (TPSA) is 43.2 Å². The van der Waals surface area contributed by atoms with Gasteiger partial charge in [-0.1, -0.05) is 39.5 Å². The predicted molar refractivity (Wildman–Crippen MR) is 78.9 cm³/mol. The van der Waals surface area contributed by atoms with Gasteiger partial charge in [-0.3, -0.25) is 4.57 Å². The molecule has 1 aromatic rings. The number of morpholine rings is 1. The monoisotopic (exact) mass is 284 g/mol. The minimum absolute atomic E-state index is 0.521. The first-order chi connectivity index (χ1) is 9.08. The molecule has 6 heteroatoms. The first kappa shape index (κ1) is 14.7. The van der Waals surface area contributed by atoms with E-state index in [0.29, 0.717) is 11.2 Å². The average Bonchev–Trinajstić information content (AvgIpc) is 2.72. The fourth-order valence-corrected chi connectivity index (χ4v) is 2.89.